The van der Waals surface area contributed by atoms with Crippen molar-refractivity contribution in [1.29, 1.82) is 0 Å². The number of fused-ring (bicyclic) bond motifs is 1. The third-order valence-corrected chi connectivity index (χ3v) is 4.77. The molecular formula is C19H20N4O2. The standard InChI is InChI=1S/C19H20N4O2/c24-19(25)14-4-5-18(21-12-14)23-10-8-22(9-11-23)13-15-2-1-3-17-16(15)6-7-20-17/h1-7,12,20H,8-11,13H2,(H,24,25). The highest BCUT2D eigenvalue weighted by atomic mass is 16.4. The van der Waals surface area contributed by atoms with E-state index in [0.717, 1.165) is 38.5 Å². The van der Waals surface area contributed by atoms with E-state index in [-0.39, 0.29) is 5.56 Å². The Morgan fingerprint density at radius 2 is 1.96 bits per heavy atom. The molecule has 2 aromatic heterocycles. The van der Waals surface area contributed by atoms with E-state index in [2.05, 4.69) is 44.0 Å². The summed E-state index contributed by atoms with van der Waals surface area (Å²) in [6.45, 7) is 4.64. The zero-order chi connectivity index (χ0) is 17.2. The number of nitrogens with zero attached hydrogens (tertiary/aromatic N) is 3. The molecule has 0 saturated carbocycles. The van der Waals surface area contributed by atoms with Crippen LogP contribution in [0.1, 0.15) is 15.9 Å². The van der Waals surface area contributed by atoms with Crippen LogP contribution in [0.2, 0.25) is 0 Å². The van der Waals surface area contributed by atoms with Crippen molar-refractivity contribution in [2.75, 3.05) is 31.1 Å². The fourth-order valence-corrected chi connectivity index (χ4v) is 3.36. The molecule has 0 aliphatic carbocycles. The number of piperazine rings is 1. The van der Waals surface area contributed by atoms with Gasteiger partial charge in [0.05, 0.1) is 5.56 Å². The van der Waals surface area contributed by atoms with Gasteiger partial charge in [0.1, 0.15) is 5.82 Å². The van der Waals surface area contributed by atoms with Crippen LogP contribution in [0.5, 0.6) is 0 Å². The number of benzene rings is 1. The normalized spacial score (nSPS) is 15.6. The number of hydrogen-bond donors (Lipinski definition) is 2. The van der Waals surface area contributed by atoms with Gasteiger partial charge in [-0.2, -0.15) is 0 Å². The molecule has 0 amide bonds. The monoisotopic (exact) mass is 336 g/mol. The Hall–Kier alpha value is -2.86. The molecule has 0 bridgehead atoms. The summed E-state index contributed by atoms with van der Waals surface area (Å²) < 4.78 is 0. The fourth-order valence-electron chi connectivity index (χ4n) is 3.36. The van der Waals surface area contributed by atoms with Gasteiger partial charge in [0.15, 0.2) is 0 Å². The third kappa shape index (κ3) is 3.21. The number of carboxylic acids is 1. The minimum Gasteiger partial charge on any atom is -0.478 e. The number of anilines is 1. The highest BCUT2D eigenvalue weighted by Gasteiger charge is 2.19. The second-order valence-electron chi connectivity index (χ2n) is 6.33. The smallest absolute Gasteiger partial charge is 0.337 e. The van der Waals surface area contributed by atoms with Gasteiger partial charge >= 0.3 is 5.97 Å². The largest absolute Gasteiger partial charge is 0.478 e. The van der Waals surface area contributed by atoms with Crippen molar-refractivity contribution in [1.82, 2.24) is 14.9 Å². The topological polar surface area (TPSA) is 72.5 Å². The minimum absolute atomic E-state index is 0.224. The molecule has 25 heavy (non-hydrogen) atoms. The van der Waals surface area contributed by atoms with E-state index < -0.39 is 5.97 Å². The molecule has 3 aromatic rings. The van der Waals surface area contributed by atoms with E-state index >= 15 is 0 Å². The van der Waals surface area contributed by atoms with Gasteiger partial charge in [0, 0.05) is 56.0 Å². The summed E-state index contributed by atoms with van der Waals surface area (Å²) in [7, 11) is 0. The van der Waals surface area contributed by atoms with Gasteiger partial charge < -0.3 is 15.0 Å². The first-order valence-electron chi connectivity index (χ1n) is 8.42. The highest BCUT2D eigenvalue weighted by molar-refractivity contribution is 5.87. The maximum atomic E-state index is 10.9. The quantitative estimate of drug-likeness (QED) is 0.766. The van der Waals surface area contributed by atoms with Crippen molar-refractivity contribution in [3.63, 3.8) is 0 Å². The van der Waals surface area contributed by atoms with Crippen molar-refractivity contribution in [3.8, 4) is 0 Å². The number of pyridine rings is 1. The number of hydrogen-bond acceptors (Lipinski definition) is 4. The number of carboxylic acid groups (broad SMARTS) is 1. The molecule has 1 saturated heterocycles. The average molecular weight is 336 g/mol. The molecule has 0 radical (unpaired) electrons. The van der Waals surface area contributed by atoms with Crippen molar-refractivity contribution < 1.29 is 9.90 Å². The van der Waals surface area contributed by atoms with Crippen molar-refractivity contribution >= 4 is 22.7 Å². The Kier molecular flexibility index (Phi) is 4.11. The third-order valence-electron chi connectivity index (χ3n) is 4.77. The van der Waals surface area contributed by atoms with Crippen LogP contribution in [-0.4, -0.2) is 52.1 Å². The number of H-pyrrole nitrogens is 1. The zero-order valence-electron chi connectivity index (χ0n) is 13.9. The second-order valence-corrected chi connectivity index (χ2v) is 6.33. The molecule has 1 fully saturated rings. The first kappa shape index (κ1) is 15.7. The predicted octanol–water partition coefficient (Wildman–Crippen LogP) is 2.58. The van der Waals surface area contributed by atoms with Crippen LogP contribution in [0.25, 0.3) is 10.9 Å². The van der Waals surface area contributed by atoms with Crippen molar-refractivity contribution in [2.24, 2.45) is 0 Å². The first-order chi connectivity index (χ1) is 12.2. The van der Waals surface area contributed by atoms with Crippen LogP contribution in [0.3, 0.4) is 0 Å². The summed E-state index contributed by atoms with van der Waals surface area (Å²) >= 11 is 0. The maximum absolute atomic E-state index is 10.9. The highest BCUT2D eigenvalue weighted by Crippen LogP contribution is 2.20. The fraction of sp³-hybridized carbons (Fsp3) is 0.263. The van der Waals surface area contributed by atoms with Gasteiger partial charge in [-0.15, -0.1) is 0 Å². The Morgan fingerprint density at radius 1 is 1.12 bits per heavy atom. The number of nitrogens with one attached hydrogen (secondary N) is 1. The summed E-state index contributed by atoms with van der Waals surface area (Å²) in [5.74, 6) is -0.0970. The number of carbonyl (C=O) groups is 1. The molecule has 3 heterocycles. The molecule has 128 valence electrons. The summed E-state index contributed by atoms with van der Waals surface area (Å²) in [6.07, 6.45) is 3.41. The molecule has 2 N–H and O–H groups in total. The predicted molar refractivity (Wildman–Crippen MR) is 97.0 cm³/mol. The van der Waals surface area contributed by atoms with Gasteiger partial charge in [-0.25, -0.2) is 9.78 Å². The van der Waals surface area contributed by atoms with Crippen molar-refractivity contribution in [2.45, 2.75) is 6.54 Å². The number of aromatic amines is 1. The SMILES string of the molecule is O=C(O)c1ccc(N2CCN(Cc3cccc4[nH]ccc34)CC2)nc1. The number of aromatic carboxylic acids is 1. The lowest BCUT2D eigenvalue weighted by Gasteiger charge is -2.35. The molecule has 1 aliphatic heterocycles. The molecule has 1 aromatic carbocycles. The average Bonchev–Trinajstić information content (AvgIpc) is 3.12. The number of rotatable bonds is 4. The lowest BCUT2D eigenvalue weighted by molar-refractivity contribution is 0.0696. The summed E-state index contributed by atoms with van der Waals surface area (Å²) in [5.41, 5.74) is 2.75. The van der Waals surface area contributed by atoms with E-state index in [4.69, 9.17) is 5.11 Å². The second kappa shape index (κ2) is 6.57. The van der Waals surface area contributed by atoms with Crippen molar-refractivity contribution in [3.05, 3.63) is 59.9 Å². The van der Waals surface area contributed by atoms with Gasteiger partial charge in [0.25, 0.3) is 0 Å². The molecule has 0 unspecified atom stereocenters. The number of aromatic nitrogens is 2. The molecule has 1 aliphatic rings. The van der Waals surface area contributed by atoms with Crippen LogP contribution in [-0.2, 0) is 6.54 Å². The van der Waals surface area contributed by atoms with E-state index in [1.807, 2.05) is 6.20 Å². The molecule has 4 rings (SSSR count). The van der Waals surface area contributed by atoms with Gasteiger partial charge in [-0.05, 0) is 29.8 Å². The van der Waals surface area contributed by atoms with Gasteiger partial charge in [-0.1, -0.05) is 12.1 Å². The Labute approximate surface area is 145 Å². The van der Waals surface area contributed by atoms with Gasteiger partial charge in [0.2, 0.25) is 0 Å². The molecule has 6 heteroatoms. The Bertz CT molecular complexity index is 880. The first-order valence-corrected chi connectivity index (χ1v) is 8.42. The molecule has 0 spiro atoms. The maximum Gasteiger partial charge on any atom is 0.337 e. The molecular weight excluding hydrogens is 316 g/mol. The van der Waals surface area contributed by atoms with E-state index in [1.54, 1.807) is 12.1 Å². The summed E-state index contributed by atoms with van der Waals surface area (Å²) in [5, 5.41) is 10.2. The van der Waals surface area contributed by atoms with E-state index in [1.165, 1.54) is 22.7 Å². The van der Waals surface area contributed by atoms with Crippen LogP contribution < -0.4 is 4.90 Å². The molecule has 0 atom stereocenters. The Morgan fingerprint density at radius 3 is 2.68 bits per heavy atom. The van der Waals surface area contributed by atoms with E-state index in [9.17, 15) is 4.79 Å². The van der Waals surface area contributed by atoms with Crippen LogP contribution in [0.15, 0.2) is 48.8 Å². The summed E-state index contributed by atoms with van der Waals surface area (Å²) in [4.78, 5) is 23.1. The van der Waals surface area contributed by atoms with Crippen LogP contribution >= 0.6 is 0 Å². The van der Waals surface area contributed by atoms with Gasteiger partial charge in [-0.3, -0.25) is 4.90 Å². The lowest BCUT2D eigenvalue weighted by Crippen LogP contribution is -2.46. The molecule has 6 nitrogen and oxygen atoms in total. The zero-order valence-corrected chi connectivity index (χ0v) is 13.9. The van der Waals surface area contributed by atoms with Crippen LogP contribution in [0.4, 0.5) is 5.82 Å². The minimum atomic E-state index is -0.942. The summed E-state index contributed by atoms with van der Waals surface area (Å²) in [6, 6.07) is 11.9. The van der Waals surface area contributed by atoms with E-state index in [0.29, 0.717) is 0 Å². The van der Waals surface area contributed by atoms with Crippen LogP contribution in [0, 0.1) is 0 Å². The lowest BCUT2D eigenvalue weighted by atomic mass is 10.1. The Balaban J connectivity index is 1.40.